The number of para-hydroxylation sites is 5. The highest BCUT2D eigenvalue weighted by Gasteiger charge is 2.31. The van der Waals surface area contributed by atoms with Crippen molar-refractivity contribution in [2.75, 3.05) is 16.5 Å². The van der Waals surface area contributed by atoms with Crippen molar-refractivity contribution in [1.82, 2.24) is 14.1 Å². The van der Waals surface area contributed by atoms with Gasteiger partial charge in [-0.2, -0.15) is 0 Å². The molecule has 1 aliphatic rings. The number of hydrogen-bond donors (Lipinski definition) is 0. The van der Waals surface area contributed by atoms with E-state index in [9.17, 15) is 0 Å². The van der Waals surface area contributed by atoms with Gasteiger partial charge in [0.1, 0.15) is 24.0 Å². The Balaban J connectivity index is 1.02. The van der Waals surface area contributed by atoms with E-state index in [0.717, 1.165) is 50.5 Å². The van der Waals surface area contributed by atoms with E-state index in [2.05, 4.69) is 245 Å². The van der Waals surface area contributed by atoms with Gasteiger partial charge in [-0.25, -0.2) is 4.98 Å². The highest BCUT2D eigenvalue weighted by Crippen LogP contribution is 2.47. The topological polar surface area (TPSA) is 38.5 Å². The highest BCUT2D eigenvalue weighted by atomic mass is 16.5. The fourth-order valence-electron chi connectivity index (χ4n) is 9.84. The van der Waals surface area contributed by atoms with Crippen LogP contribution < -0.4 is 14.5 Å². The Hall–Kier alpha value is -7.31. The van der Waals surface area contributed by atoms with Gasteiger partial charge in [-0.15, -0.1) is 0 Å². The van der Waals surface area contributed by atoms with E-state index in [-0.39, 0.29) is 16.2 Å². The van der Waals surface area contributed by atoms with E-state index >= 15 is 0 Å². The average molecular weight is 864 g/mol. The van der Waals surface area contributed by atoms with Crippen LogP contribution in [0, 0.1) is 0 Å². The largest absolute Gasteiger partial charge is 0.457 e. The molecule has 4 heterocycles. The summed E-state index contributed by atoms with van der Waals surface area (Å²) in [6, 6.07) is 59.4. The van der Waals surface area contributed by atoms with E-state index < -0.39 is 0 Å². The van der Waals surface area contributed by atoms with E-state index in [1.165, 1.54) is 55.6 Å². The Morgan fingerprint density at radius 1 is 0.409 bits per heavy atom. The van der Waals surface area contributed by atoms with Gasteiger partial charge in [-0.3, -0.25) is 4.57 Å². The molecular formula is C60H57N5O. The summed E-state index contributed by atoms with van der Waals surface area (Å²) in [5, 5.41) is 4.75. The van der Waals surface area contributed by atoms with E-state index in [0.29, 0.717) is 6.67 Å². The maximum Gasteiger partial charge on any atom is 0.137 e. The molecule has 0 radical (unpaired) electrons. The average Bonchev–Trinajstić information content (AvgIpc) is 3.96. The normalized spacial score (nSPS) is 13.4. The lowest BCUT2D eigenvalue weighted by atomic mass is 9.80. The van der Waals surface area contributed by atoms with Crippen molar-refractivity contribution in [3.8, 4) is 23.0 Å². The molecule has 0 saturated carbocycles. The Labute approximate surface area is 388 Å². The molecule has 0 atom stereocenters. The first-order valence-electron chi connectivity index (χ1n) is 23.2. The molecule has 328 valence electrons. The zero-order valence-electron chi connectivity index (χ0n) is 39.5. The Kier molecular flexibility index (Phi) is 9.49. The molecule has 10 aromatic rings. The molecule has 6 heteroatoms. The van der Waals surface area contributed by atoms with Gasteiger partial charge in [0.25, 0.3) is 0 Å². The molecule has 1 aliphatic heterocycles. The summed E-state index contributed by atoms with van der Waals surface area (Å²) < 4.78 is 11.7. The molecule has 0 aliphatic carbocycles. The van der Waals surface area contributed by atoms with Crippen LogP contribution in [0.3, 0.4) is 0 Å². The van der Waals surface area contributed by atoms with Crippen LogP contribution in [0.2, 0.25) is 0 Å². The van der Waals surface area contributed by atoms with Gasteiger partial charge in [-0.1, -0.05) is 135 Å². The lowest BCUT2D eigenvalue weighted by molar-refractivity contribution is 0.483. The SMILES string of the molecule is CC(C)(C)c1cc(N2CN(c3cccc(Oc4ccc5c6cccc(-n7c8ccccc8c8ccccc87)c6n(-c6cc(C(C)(C)C)ccn6)c5c4)c3)c3ccccc32)cc(C(C)(C)C)c1. The summed E-state index contributed by atoms with van der Waals surface area (Å²) in [6.07, 6.45) is 1.95. The second-order valence-electron chi connectivity index (χ2n) is 21.1. The maximum absolute atomic E-state index is 6.90. The van der Waals surface area contributed by atoms with Gasteiger partial charge < -0.3 is 19.1 Å². The van der Waals surface area contributed by atoms with Crippen molar-refractivity contribution in [1.29, 1.82) is 0 Å². The molecule has 66 heavy (non-hydrogen) atoms. The van der Waals surface area contributed by atoms with E-state index in [1.807, 2.05) is 6.20 Å². The van der Waals surface area contributed by atoms with Crippen molar-refractivity contribution in [2.24, 2.45) is 0 Å². The number of benzene rings is 7. The molecule has 0 fully saturated rings. The molecule has 7 aromatic carbocycles. The van der Waals surface area contributed by atoms with Crippen LogP contribution in [0.25, 0.3) is 55.1 Å². The lowest BCUT2D eigenvalue weighted by Gasteiger charge is -2.29. The van der Waals surface area contributed by atoms with Crippen molar-refractivity contribution >= 4 is 66.4 Å². The third-order valence-corrected chi connectivity index (χ3v) is 13.5. The summed E-state index contributed by atoms with van der Waals surface area (Å²) in [5.74, 6) is 2.40. The van der Waals surface area contributed by atoms with Gasteiger partial charge in [0, 0.05) is 51.2 Å². The molecule has 0 bridgehead atoms. The molecule has 0 spiro atoms. The smallest absolute Gasteiger partial charge is 0.137 e. The Morgan fingerprint density at radius 3 is 1.61 bits per heavy atom. The molecule has 11 rings (SSSR count). The summed E-state index contributed by atoms with van der Waals surface area (Å²) in [4.78, 5) is 9.95. The van der Waals surface area contributed by atoms with Crippen LogP contribution in [-0.4, -0.2) is 20.8 Å². The predicted octanol–water partition coefficient (Wildman–Crippen LogP) is 16.2. The fourth-order valence-corrected chi connectivity index (χ4v) is 9.84. The van der Waals surface area contributed by atoms with Gasteiger partial charge in [0.2, 0.25) is 0 Å². The molecular weight excluding hydrogens is 807 g/mol. The number of ether oxygens (including phenoxy) is 1. The van der Waals surface area contributed by atoms with Gasteiger partial charge >= 0.3 is 0 Å². The zero-order chi connectivity index (χ0) is 45.7. The number of rotatable bonds is 6. The van der Waals surface area contributed by atoms with Crippen LogP contribution in [0.1, 0.15) is 79.0 Å². The molecule has 6 nitrogen and oxygen atoms in total. The summed E-state index contributed by atoms with van der Waals surface area (Å²) in [6.45, 7) is 21.3. The number of fused-ring (bicyclic) bond motifs is 7. The number of anilines is 4. The minimum absolute atomic E-state index is 0.0135. The second-order valence-corrected chi connectivity index (χ2v) is 21.1. The summed E-state index contributed by atoms with van der Waals surface area (Å²) >= 11 is 0. The first kappa shape index (κ1) is 41.4. The Bertz CT molecular complexity index is 3430. The minimum Gasteiger partial charge on any atom is -0.457 e. The number of aromatic nitrogens is 3. The number of pyridine rings is 1. The van der Waals surface area contributed by atoms with Gasteiger partial charge in [0.05, 0.1) is 39.1 Å². The maximum atomic E-state index is 6.90. The third kappa shape index (κ3) is 6.98. The van der Waals surface area contributed by atoms with Crippen molar-refractivity contribution < 1.29 is 4.74 Å². The Morgan fingerprint density at radius 2 is 0.955 bits per heavy atom. The quantitative estimate of drug-likeness (QED) is 0.167. The molecule has 0 saturated heterocycles. The zero-order valence-corrected chi connectivity index (χ0v) is 39.5. The van der Waals surface area contributed by atoms with Crippen LogP contribution in [0.15, 0.2) is 170 Å². The standard InChI is InChI=1S/C60H57N5O/c1-58(2,3)39-30-31-61-56(35-39)65-55-37-45(28-29-48(55)49-22-17-27-54(57(49)65)64-50-23-12-10-20-46(50)47-21-11-13-24-51(47)64)66-44-19-16-18-42(36-44)62-38-63(53-26-15-14-25-52(53)62)43-33-40(59(4,5)6)32-41(34-43)60(7,8)9/h10-37H,38H2,1-9H3. The van der Waals surface area contributed by atoms with E-state index in [4.69, 9.17) is 9.72 Å². The molecule has 3 aromatic heterocycles. The van der Waals surface area contributed by atoms with Gasteiger partial charge in [0.15, 0.2) is 0 Å². The number of nitrogens with zero attached hydrogens (tertiary/aromatic N) is 5. The van der Waals surface area contributed by atoms with Crippen molar-refractivity contribution in [3.63, 3.8) is 0 Å². The number of hydrogen-bond acceptors (Lipinski definition) is 4. The summed E-state index contributed by atoms with van der Waals surface area (Å²) in [7, 11) is 0. The van der Waals surface area contributed by atoms with Crippen LogP contribution >= 0.6 is 0 Å². The highest BCUT2D eigenvalue weighted by molar-refractivity contribution is 6.15. The first-order valence-corrected chi connectivity index (χ1v) is 23.2. The molecule has 0 unspecified atom stereocenters. The van der Waals surface area contributed by atoms with Crippen LogP contribution in [0.4, 0.5) is 22.7 Å². The lowest BCUT2D eigenvalue weighted by Crippen LogP contribution is -2.25. The molecule has 0 N–H and O–H groups in total. The fraction of sp³-hybridized carbons (Fsp3) is 0.217. The van der Waals surface area contributed by atoms with Crippen molar-refractivity contribution in [2.45, 2.75) is 78.6 Å². The first-order chi connectivity index (χ1) is 31.6. The summed E-state index contributed by atoms with van der Waals surface area (Å²) in [5.41, 5.74) is 14.1. The third-order valence-electron chi connectivity index (χ3n) is 13.5. The van der Waals surface area contributed by atoms with Crippen LogP contribution in [0.5, 0.6) is 11.5 Å². The van der Waals surface area contributed by atoms with Crippen molar-refractivity contribution in [3.05, 3.63) is 187 Å². The predicted molar refractivity (Wildman–Crippen MR) is 278 cm³/mol. The minimum atomic E-state index is -0.0654. The second kappa shape index (κ2) is 15.1. The van der Waals surface area contributed by atoms with Crippen LogP contribution in [-0.2, 0) is 16.2 Å². The van der Waals surface area contributed by atoms with E-state index in [1.54, 1.807) is 0 Å². The monoisotopic (exact) mass is 863 g/mol. The van der Waals surface area contributed by atoms with Gasteiger partial charge in [-0.05, 0) is 112 Å². The molecule has 0 amide bonds.